The van der Waals surface area contributed by atoms with Crippen molar-refractivity contribution in [2.75, 3.05) is 20.1 Å². The third-order valence-electron chi connectivity index (χ3n) is 3.11. The maximum atomic E-state index is 11.8. The molecule has 0 heterocycles. The van der Waals surface area contributed by atoms with Gasteiger partial charge in [-0.15, -0.1) is 0 Å². The molecule has 1 amide bonds. The largest absolute Gasteiger partial charge is 0.355 e. The first-order valence-electron chi connectivity index (χ1n) is 6.00. The molecule has 2 unspecified atom stereocenters. The quantitative estimate of drug-likeness (QED) is 0.817. The molecule has 1 aliphatic carbocycles. The van der Waals surface area contributed by atoms with Gasteiger partial charge in [-0.2, -0.15) is 0 Å². The lowest BCUT2D eigenvalue weighted by Gasteiger charge is -2.05. The number of carbonyl (C=O) groups excluding carboxylic acids is 1. The highest BCUT2D eigenvalue weighted by atomic mass is 35.5. The number of benzene rings is 1. The summed E-state index contributed by atoms with van der Waals surface area (Å²) < 4.78 is 0. The fourth-order valence-electron chi connectivity index (χ4n) is 2.08. The van der Waals surface area contributed by atoms with Crippen LogP contribution in [-0.4, -0.2) is 26.0 Å². The van der Waals surface area contributed by atoms with Crippen molar-refractivity contribution >= 4 is 29.1 Å². The van der Waals surface area contributed by atoms with E-state index in [9.17, 15) is 4.79 Å². The molecular weight excluding hydrogens is 271 g/mol. The molecule has 2 atom stereocenters. The molecule has 0 saturated heterocycles. The predicted octanol–water partition coefficient (Wildman–Crippen LogP) is 2.43. The average Bonchev–Trinajstić information content (AvgIpc) is 3.07. The number of carbonyl (C=O) groups is 1. The summed E-state index contributed by atoms with van der Waals surface area (Å²) in [6.07, 6.45) is 0.877. The van der Waals surface area contributed by atoms with Gasteiger partial charge in [0.05, 0.1) is 0 Å². The normalized spacial score (nSPS) is 21.7. The maximum Gasteiger partial charge on any atom is 0.223 e. The van der Waals surface area contributed by atoms with Crippen LogP contribution in [0.2, 0.25) is 10.0 Å². The van der Waals surface area contributed by atoms with Crippen molar-refractivity contribution in [2.24, 2.45) is 5.92 Å². The smallest absolute Gasteiger partial charge is 0.223 e. The highest BCUT2D eigenvalue weighted by Crippen LogP contribution is 2.48. The van der Waals surface area contributed by atoms with Gasteiger partial charge in [-0.3, -0.25) is 4.79 Å². The van der Waals surface area contributed by atoms with Crippen LogP contribution in [-0.2, 0) is 4.79 Å². The van der Waals surface area contributed by atoms with E-state index >= 15 is 0 Å². The summed E-state index contributed by atoms with van der Waals surface area (Å²) in [5.41, 5.74) is 1.06. The Hall–Kier alpha value is -0.770. The van der Waals surface area contributed by atoms with Crippen molar-refractivity contribution < 1.29 is 4.79 Å². The van der Waals surface area contributed by atoms with Crippen molar-refractivity contribution in [3.05, 3.63) is 33.8 Å². The fourth-order valence-corrected chi connectivity index (χ4v) is 2.63. The highest BCUT2D eigenvalue weighted by Gasteiger charge is 2.43. The molecule has 0 aliphatic heterocycles. The van der Waals surface area contributed by atoms with Crippen LogP contribution in [0.1, 0.15) is 17.9 Å². The topological polar surface area (TPSA) is 41.1 Å². The lowest BCUT2D eigenvalue weighted by atomic mass is 10.1. The van der Waals surface area contributed by atoms with Crippen molar-refractivity contribution in [3.63, 3.8) is 0 Å². The Morgan fingerprint density at radius 3 is 2.56 bits per heavy atom. The third-order valence-corrected chi connectivity index (χ3v) is 3.55. The standard InChI is InChI=1S/C13H16Cl2N2O/c1-16-2-3-17-13(18)12-7-11(12)8-4-9(14)6-10(15)5-8/h4-6,11-12,16H,2-3,7H2,1H3,(H,17,18). The summed E-state index contributed by atoms with van der Waals surface area (Å²) in [7, 11) is 1.86. The number of nitrogens with one attached hydrogen (secondary N) is 2. The van der Waals surface area contributed by atoms with Gasteiger partial charge >= 0.3 is 0 Å². The first kappa shape index (κ1) is 13.7. The second-order valence-electron chi connectivity index (χ2n) is 4.55. The van der Waals surface area contributed by atoms with Gasteiger partial charge in [-0.05, 0) is 43.1 Å². The van der Waals surface area contributed by atoms with Crippen molar-refractivity contribution in [1.82, 2.24) is 10.6 Å². The van der Waals surface area contributed by atoms with Crippen LogP contribution in [0.15, 0.2) is 18.2 Å². The Balaban J connectivity index is 1.92. The van der Waals surface area contributed by atoms with E-state index in [1.807, 2.05) is 19.2 Å². The van der Waals surface area contributed by atoms with Crippen LogP contribution in [0.3, 0.4) is 0 Å². The Bertz CT molecular complexity index is 430. The minimum Gasteiger partial charge on any atom is -0.355 e. The summed E-state index contributed by atoms with van der Waals surface area (Å²) in [6, 6.07) is 5.48. The lowest BCUT2D eigenvalue weighted by molar-refractivity contribution is -0.122. The van der Waals surface area contributed by atoms with E-state index in [4.69, 9.17) is 23.2 Å². The second-order valence-corrected chi connectivity index (χ2v) is 5.42. The van der Waals surface area contributed by atoms with Crippen molar-refractivity contribution in [3.8, 4) is 0 Å². The van der Waals surface area contributed by atoms with E-state index < -0.39 is 0 Å². The third kappa shape index (κ3) is 3.37. The molecule has 0 aromatic heterocycles. The van der Waals surface area contributed by atoms with E-state index in [0.717, 1.165) is 18.5 Å². The minimum absolute atomic E-state index is 0.0661. The highest BCUT2D eigenvalue weighted by molar-refractivity contribution is 6.34. The minimum atomic E-state index is 0.0661. The van der Waals surface area contributed by atoms with Crippen LogP contribution >= 0.6 is 23.2 Å². The molecule has 0 spiro atoms. The zero-order valence-corrected chi connectivity index (χ0v) is 11.7. The Labute approximate surface area is 117 Å². The van der Waals surface area contributed by atoms with Crippen molar-refractivity contribution in [1.29, 1.82) is 0 Å². The molecule has 1 saturated carbocycles. The molecule has 3 nitrogen and oxygen atoms in total. The number of halogens is 2. The molecule has 1 aromatic rings. The van der Waals surface area contributed by atoms with Gasteiger partial charge in [0.1, 0.15) is 0 Å². The van der Waals surface area contributed by atoms with Gasteiger partial charge in [0.2, 0.25) is 5.91 Å². The molecule has 5 heteroatoms. The maximum absolute atomic E-state index is 11.8. The molecule has 18 heavy (non-hydrogen) atoms. The van der Waals surface area contributed by atoms with E-state index in [2.05, 4.69) is 10.6 Å². The summed E-state index contributed by atoms with van der Waals surface area (Å²) in [5, 5.41) is 7.15. The number of hydrogen-bond acceptors (Lipinski definition) is 2. The Kier molecular flexibility index (Phi) is 4.49. The predicted molar refractivity (Wildman–Crippen MR) is 74.2 cm³/mol. The lowest BCUT2D eigenvalue weighted by Crippen LogP contribution is -2.31. The first-order valence-corrected chi connectivity index (χ1v) is 6.75. The molecule has 1 fully saturated rings. The van der Waals surface area contributed by atoms with E-state index in [1.54, 1.807) is 6.07 Å². The van der Waals surface area contributed by atoms with Crippen molar-refractivity contribution in [2.45, 2.75) is 12.3 Å². The van der Waals surface area contributed by atoms with E-state index in [1.165, 1.54) is 0 Å². The summed E-state index contributed by atoms with van der Waals surface area (Å²) in [5.74, 6) is 0.443. The molecule has 2 N–H and O–H groups in total. The number of hydrogen-bond donors (Lipinski definition) is 2. The zero-order valence-electron chi connectivity index (χ0n) is 10.2. The SMILES string of the molecule is CNCCNC(=O)C1CC1c1cc(Cl)cc(Cl)c1. The molecule has 0 radical (unpaired) electrons. The monoisotopic (exact) mass is 286 g/mol. The number of likely N-dealkylation sites (N-methyl/N-ethyl adjacent to an activating group) is 1. The molecular formula is C13H16Cl2N2O. The molecule has 0 bridgehead atoms. The molecule has 1 aliphatic rings. The molecule has 2 rings (SSSR count). The molecule has 98 valence electrons. The Morgan fingerprint density at radius 2 is 1.94 bits per heavy atom. The Morgan fingerprint density at radius 1 is 1.28 bits per heavy atom. The van der Waals surface area contributed by atoms with Crippen LogP contribution in [0.5, 0.6) is 0 Å². The van der Waals surface area contributed by atoms with Gasteiger partial charge in [-0.25, -0.2) is 0 Å². The zero-order chi connectivity index (χ0) is 13.1. The fraction of sp³-hybridized carbons (Fsp3) is 0.462. The first-order chi connectivity index (χ1) is 8.61. The second kappa shape index (κ2) is 5.91. The van der Waals surface area contributed by atoms with Gasteiger partial charge < -0.3 is 10.6 Å². The van der Waals surface area contributed by atoms with Gasteiger partial charge in [0.25, 0.3) is 0 Å². The van der Waals surface area contributed by atoms with Crippen LogP contribution < -0.4 is 10.6 Å². The van der Waals surface area contributed by atoms with E-state index in [0.29, 0.717) is 16.6 Å². The average molecular weight is 287 g/mol. The van der Waals surface area contributed by atoms with Gasteiger partial charge in [0, 0.05) is 29.1 Å². The van der Waals surface area contributed by atoms with Gasteiger partial charge in [0.15, 0.2) is 0 Å². The number of amides is 1. The van der Waals surface area contributed by atoms with Gasteiger partial charge in [-0.1, -0.05) is 23.2 Å². The number of rotatable bonds is 5. The van der Waals surface area contributed by atoms with Crippen LogP contribution in [0.4, 0.5) is 0 Å². The van der Waals surface area contributed by atoms with Crippen LogP contribution in [0, 0.1) is 5.92 Å². The van der Waals surface area contributed by atoms with Crippen LogP contribution in [0.25, 0.3) is 0 Å². The summed E-state index contributed by atoms with van der Waals surface area (Å²) in [6.45, 7) is 1.45. The molecule has 1 aromatic carbocycles. The van der Waals surface area contributed by atoms with E-state index in [-0.39, 0.29) is 17.7 Å². The summed E-state index contributed by atoms with van der Waals surface area (Å²) in [4.78, 5) is 11.8. The summed E-state index contributed by atoms with van der Waals surface area (Å²) >= 11 is 11.9.